The molecule has 0 bridgehead atoms. The third-order valence-corrected chi connectivity index (χ3v) is 9.47. The molecule has 8 heteroatoms. The van der Waals surface area contributed by atoms with Crippen molar-refractivity contribution in [2.24, 2.45) is 29.1 Å². The second-order valence-corrected chi connectivity index (χ2v) is 13.9. The second-order valence-electron chi connectivity index (χ2n) is 13.9. The molecule has 0 radical (unpaired) electrons. The maximum Gasteiger partial charge on any atom is 0.315 e. The number of ketones is 3. The average molecular weight is 566 g/mol. The standard InChI is InChI=1S/C33H47N3O5/c1-8-12-21(29(39)24(37)9-2)17-25(38)28-26-23(33(26,6)7)18-36(28)30(40)27(34-31(41)35-32(3,4)5)22-15-19-13-10-11-14-20(19)16-22/h10-11,13-14,21-23,26-28H,8-9,12,15-18H2,1-7H3,(H2,34,35,41)/t21?,23-,26-,27-,28+/m0/s1. The van der Waals surface area contributed by atoms with Crippen molar-refractivity contribution in [1.29, 1.82) is 0 Å². The van der Waals surface area contributed by atoms with Crippen molar-refractivity contribution < 1.29 is 24.0 Å². The fraction of sp³-hybridized carbons (Fsp3) is 0.667. The zero-order chi connectivity index (χ0) is 30.3. The van der Waals surface area contributed by atoms with Crippen LogP contribution in [-0.2, 0) is 32.0 Å². The van der Waals surface area contributed by atoms with E-state index in [4.69, 9.17) is 0 Å². The molecule has 3 aliphatic rings. The van der Waals surface area contributed by atoms with E-state index >= 15 is 0 Å². The highest BCUT2D eigenvalue weighted by atomic mass is 16.2. The van der Waals surface area contributed by atoms with E-state index < -0.39 is 41.1 Å². The summed E-state index contributed by atoms with van der Waals surface area (Å²) in [5.74, 6) is -1.93. The van der Waals surface area contributed by atoms with Crippen LogP contribution in [0.1, 0.15) is 85.3 Å². The van der Waals surface area contributed by atoms with Crippen LogP contribution in [0, 0.1) is 29.1 Å². The number of nitrogens with one attached hydrogen (secondary N) is 2. The van der Waals surface area contributed by atoms with Gasteiger partial charge < -0.3 is 15.5 Å². The quantitative estimate of drug-likeness (QED) is 0.389. The number of carbonyl (C=O) groups is 5. The minimum Gasteiger partial charge on any atom is -0.334 e. The van der Waals surface area contributed by atoms with E-state index in [0.717, 1.165) is 0 Å². The van der Waals surface area contributed by atoms with E-state index in [1.54, 1.807) is 11.8 Å². The van der Waals surface area contributed by atoms with Crippen LogP contribution in [0.4, 0.5) is 4.79 Å². The molecule has 2 fully saturated rings. The van der Waals surface area contributed by atoms with Gasteiger partial charge in [-0.05, 0) is 74.3 Å². The topological polar surface area (TPSA) is 113 Å². The minimum atomic E-state index is -0.796. The molecule has 1 saturated heterocycles. The van der Waals surface area contributed by atoms with Crippen LogP contribution >= 0.6 is 0 Å². The predicted octanol–water partition coefficient (Wildman–Crippen LogP) is 4.27. The van der Waals surface area contributed by atoms with Crippen molar-refractivity contribution in [2.75, 3.05) is 6.54 Å². The van der Waals surface area contributed by atoms with Gasteiger partial charge in [0.15, 0.2) is 11.6 Å². The van der Waals surface area contributed by atoms with Crippen LogP contribution in [0.5, 0.6) is 0 Å². The molecule has 1 aliphatic heterocycles. The summed E-state index contributed by atoms with van der Waals surface area (Å²) < 4.78 is 0. The maximum atomic E-state index is 14.4. The largest absolute Gasteiger partial charge is 0.334 e. The van der Waals surface area contributed by atoms with Gasteiger partial charge in [-0.15, -0.1) is 0 Å². The number of amides is 3. The van der Waals surface area contributed by atoms with Crippen molar-refractivity contribution in [3.05, 3.63) is 35.4 Å². The molecule has 41 heavy (non-hydrogen) atoms. The Morgan fingerprint density at radius 2 is 1.63 bits per heavy atom. The molecule has 2 N–H and O–H groups in total. The Balaban J connectivity index is 1.60. The highest BCUT2D eigenvalue weighted by Crippen LogP contribution is 2.65. The molecular formula is C33H47N3O5. The number of carbonyl (C=O) groups excluding carboxylic acids is 5. The molecule has 1 heterocycles. The van der Waals surface area contributed by atoms with Gasteiger partial charge in [-0.25, -0.2) is 4.79 Å². The number of hydrogen-bond donors (Lipinski definition) is 2. The summed E-state index contributed by atoms with van der Waals surface area (Å²) in [6, 6.07) is 6.23. The van der Waals surface area contributed by atoms with E-state index in [9.17, 15) is 24.0 Å². The summed E-state index contributed by atoms with van der Waals surface area (Å²) in [7, 11) is 0. The van der Waals surface area contributed by atoms with Crippen LogP contribution in [0.25, 0.3) is 0 Å². The molecular weight excluding hydrogens is 518 g/mol. The van der Waals surface area contributed by atoms with Crippen LogP contribution in [-0.4, -0.2) is 58.4 Å². The number of urea groups is 1. The highest BCUT2D eigenvalue weighted by Gasteiger charge is 2.69. The van der Waals surface area contributed by atoms with Gasteiger partial charge in [-0.2, -0.15) is 0 Å². The Kier molecular flexibility index (Phi) is 8.81. The first kappa shape index (κ1) is 30.9. The fourth-order valence-corrected chi connectivity index (χ4v) is 7.23. The summed E-state index contributed by atoms with van der Waals surface area (Å²) in [6.45, 7) is 13.9. The van der Waals surface area contributed by atoms with Crippen molar-refractivity contribution in [2.45, 2.75) is 105 Å². The molecule has 224 valence electrons. The van der Waals surface area contributed by atoms with E-state index in [-0.39, 0.29) is 47.7 Å². The van der Waals surface area contributed by atoms with Gasteiger partial charge in [-0.3, -0.25) is 19.2 Å². The summed E-state index contributed by atoms with van der Waals surface area (Å²) in [5.41, 5.74) is 1.78. The van der Waals surface area contributed by atoms with Gasteiger partial charge in [0, 0.05) is 30.8 Å². The summed E-state index contributed by atoms with van der Waals surface area (Å²) in [4.78, 5) is 68.2. The van der Waals surface area contributed by atoms with E-state index in [0.29, 0.717) is 32.2 Å². The molecule has 0 spiro atoms. The number of likely N-dealkylation sites (tertiary alicyclic amines) is 1. The average Bonchev–Trinajstić information content (AvgIpc) is 3.28. The SMILES string of the molecule is CCCC(CC(=O)[C@@H]1[C@@H]2[C@H](CN1C(=O)[C@@H](NC(=O)NC(C)(C)C)C1Cc3ccccc3C1)C2(C)C)C(=O)C(=O)CC. The molecule has 3 amide bonds. The lowest BCUT2D eigenvalue weighted by Crippen LogP contribution is -2.59. The predicted molar refractivity (Wildman–Crippen MR) is 157 cm³/mol. The van der Waals surface area contributed by atoms with Gasteiger partial charge >= 0.3 is 6.03 Å². The summed E-state index contributed by atoms with van der Waals surface area (Å²) in [6.07, 6.45) is 2.56. The number of nitrogens with zero attached hydrogens (tertiary/aromatic N) is 1. The Hall–Kier alpha value is -3.03. The Bertz CT molecular complexity index is 1190. The van der Waals surface area contributed by atoms with Gasteiger partial charge in [0.1, 0.15) is 6.04 Å². The molecule has 4 rings (SSSR count). The summed E-state index contributed by atoms with van der Waals surface area (Å²) in [5, 5.41) is 5.90. The van der Waals surface area contributed by atoms with Crippen LogP contribution in [0.15, 0.2) is 24.3 Å². The monoisotopic (exact) mass is 565 g/mol. The molecule has 5 atom stereocenters. The first-order valence-corrected chi connectivity index (χ1v) is 15.2. The van der Waals surface area contributed by atoms with E-state index in [2.05, 4.69) is 36.6 Å². The number of piperidine rings is 1. The van der Waals surface area contributed by atoms with Crippen molar-refractivity contribution in [3.8, 4) is 0 Å². The zero-order valence-electron chi connectivity index (χ0n) is 25.7. The molecule has 1 unspecified atom stereocenters. The van der Waals surface area contributed by atoms with Gasteiger partial charge in [0.25, 0.3) is 0 Å². The number of Topliss-reactive ketones (excluding diaryl/α,β-unsaturated/α-hetero) is 3. The first-order chi connectivity index (χ1) is 19.2. The van der Waals surface area contributed by atoms with Crippen molar-refractivity contribution in [1.82, 2.24) is 15.5 Å². The van der Waals surface area contributed by atoms with E-state index in [1.165, 1.54) is 11.1 Å². The molecule has 1 saturated carbocycles. The minimum absolute atomic E-state index is 0.00281. The lowest BCUT2D eigenvalue weighted by molar-refractivity contribution is -0.144. The molecule has 1 aromatic carbocycles. The van der Waals surface area contributed by atoms with Gasteiger partial charge in [0.05, 0.1) is 6.04 Å². The van der Waals surface area contributed by atoms with Gasteiger partial charge in [0.2, 0.25) is 11.7 Å². The molecule has 0 aromatic heterocycles. The van der Waals surface area contributed by atoms with Crippen molar-refractivity contribution in [3.63, 3.8) is 0 Å². The smallest absolute Gasteiger partial charge is 0.315 e. The lowest BCUT2D eigenvalue weighted by atomic mass is 9.86. The molecule has 1 aromatic rings. The highest BCUT2D eigenvalue weighted by molar-refractivity contribution is 6.38. The Morgan fingerprint density at radius 1 is 1.02 bits per heavy atom. The Morgan fingerprint density at radius 3 is 2.17 bits per heavy atom. The number of benzene rings is 1. The normalized spacial score (nSPS) is 24.2. The lowest BCUT2D eigenvalue weighted by Gasteiger charge is -2.35. The third-order valence-electron chi connectivity index (χ3n) is 9.47. The fourth-order valence-electron chi connectivity index (χ4n) is 7.23. The summed E-state index contributed by atoms with van der Waals surface area (Å²) >= 11 is 0. The molecule has 8 nitrogen and oxygen atoms in total. The first-order valence-electron chi connectivity index (χ1n) is 15.2. The maximum absolute atomic E-state index is 14.4. The second kappa shape index (κ2) is 11.7. The number of rotatable bonds is 11. The number of fused-ring (bicyclic) bond motifs is 2. The van der Waals surface area contributed by atoms with Crippen LogP contribution in [0.2, 0.25) is 0 Å². The third kappa shape index (κ3) is 6.41. The Labute approximate surface area is 244 Å². The van der Waals surface area contributed by atoms with Crippen LogP contribution < -0.4 is 10.6 Å². The van der Waals surface area contributed by atoms with E-state index in [1.807, 2.05) is 39.8 Å². The van der Waals surface area contributed by atoms with Crippen LogP contribution in [0.3, 0.4) is 0 Å². The van der Waals surface area contributed by atoms with Gasteiger partial charge in [-0.1, -0.05) is 58.4 Å². The van der Waals surface area contributed by atoms with Crippen molar-refractivity contribution >= 4 is 29.3 Å². The molecule has 2 aliphatic carbocycles. The zero-order valence-corrected chi connectivity index (χ0v) is 25.7. The number of hydrogen-bond acceptors (Lipinski definition) is 5.